The molecule has 3 aromatic rings. The molecule has 0 aliphatic heterocycles. The zero-order valence-corrected chi connectivity index (χ0v) is 17.1. The van der Waals surface area contributed by atoms with Crippen molar-refractivity contribution >= 4 is 12.0 Å². The van der Waals surface area contributed by atoms with E-state index in [4.69, 9.17) is 9.84 Å². The van der Waals surface area contributed by atoms with E-state index in [9.17, 15) is 4.79 Å². The van der Waals surface area contributed by atoms with Crippen molar-refractivity contribution in [2.24, 2.45) is 0 Å². The van der Waals surface area contributed by atoms with Crippen molar-refractivity contribution in [3.05, 3.63) is 83.1 Å². The molecule has 0 unspecified atom stereocenters. The van der Waals surface area contributed by atoms with Crippen molar-refractivity contribution in [2.75, 3.05) is 0 Å². The van der Waals surface area contributed by atoms with Crippen molar-refractivity contribution in [1.82, 2.24) is 9.78 Å². The maximum Gasteiger partial charge on any atom is 0.337 e. The summed E-state index contributed by atoms with van der Waals surface area (Å²) < 4.78 is 7.37. The third-order valence-electron chi connectivity index (χ3n) is 4.44. The van der Waals surface area contributed by atoms with E-state index in [2.05, 4.69) is 33.8 Å². The fraction of sp³-hybridized carbons (Fsp3) is 0.250. The molecular formula is C24H26N2O2. The molecule has 0 N–H and O–H groups in total. The van der Waals surface area contributed by atoms with Gasteiger partial charge in [-0.15, -0.1) is 0 Å². The quantitative estimate of drug-likeness (QED) is 0.453. The van der Waals surface area contributed by atoms with Crippen LogP contribution >= 0.6 is 0 Å². The van der Waals surface area contributed by atoms with Crippen molar-refractivity contribution in [1.29, 1.82) is 0 Å². The van der Waals surface area contributed by atoms with Gasteiger partial charge in [0.15, 0.2) is 0 Å². The Labute approximate surface area is 166 Å². The first-order valence-electron chi connectivity index (χ1n) is 9.37. The Balaban J connectivity index is 1.94. The van der Waals surface area contributed by atoms with Crippen molar-refractivity contribution in [3.63, 3.8) is 0 Å². The Morgan fingerprint density at radius 3 is 2.39 bits per heavy atom. The van der Waals surface area contributed by atoms with Crippen LogP contribution in [0.15, 0.2) is 60.7 Å². The standard InChI is InChI=1S/C24H26N2O2/c1-17-11-13-20(18(2)15-17)26-22(16-21(25-26)24(3,4)5)28-23(27)14-12-19-9-7-6-8-10-19/h6-16H,1-5H3/b14-12+. The highest BCUT2D eigenvalue weighted by molar-refractivity contribution is 5.88. The van der Waals surface area contributed by atoms with E-state index in [1.165, 1.54) is 11.6 Å². The van der Waals surface area contributed by atoms with Gasteiger partial charge in [-0.2, -0.15) is 5.10 Å². The SMILES string of the molecule is Cc1ccc(-n2nc(C(C)(C)C)cc2OC(=O)/C=C/c2ccccc2)c(C)c1. The van der Waals surface area contributed by atoms with E-state index in [0.717, 1.165) is 22.5 Å². The highest BCUT2D eigenvalue weighted by atomic mass is 16.5. The first kappa shape index (κ1) is 19.6. The molecule has 0 saturated heterocycles. The Morgan fingerprint density at radius 1 is 1.04 bits per heavy atom. The lowest BCUT2D eigenvalue weighted by Gasteiger charge is -2.14. The van der Waals surface area contributed by atoms with E-state index in [1.54, 1.807) is 10.8 Å². The summed E-state index contributed by atoms with van der Waals surface area (Å²) in [4.78, 5) is 12.4. The van der Waals surface area contributed by atoms with Gasteiger partial charge in [-0.25, -0.2) is 9.48 Å². The average molecular weight is 374 g/mol. The third-order valence-corrected chi connectivity index (χ3v) is 4.44. The van der Waals surface area contributed by atoms with Crippen LogP contribution in [-0.4, -0.2) is 15.7 Å². The molecule has 0 fully saturated rings. The smallest absolute Gasteiger partial charge is 0.337 e. The molecule has 0 bridgehead atoms. The average Bonchev–Trinajstić information content (AvgIpc) is 3.05. The molecule has 0 spiro atoms. The maximum absolute atomic E-state index is 12.4. The van der Waals surface area contributed by atoms with Crippen LogP contribution in [-0.2, 0) is 10.2 Å². The number of aryl methyl sites for hydroxylation is 2. The molecule has 0 saturated carbocycles. The number of carbonyl (C=O) groups is 1. The second kappa shape index (κ2) is 7.85. The van der Waals surface area contributed by atoms with E-state index in [1.807, 2.05) is 55.5 Å². The largest absolute Gasteiger partial charge is 0.404 e. The number of benzene rings is 2. The highest BCUT2D eigenvalue weighted by Crippen LogP contribution is 2.29. The van der Waals surface area contributed by atoms with Crippen LogP contribution in [0.2, 0.25) is 0 Å². The predicted octanol–water partition coefficient (Wildman–Crippen LogP) is 5.41. The monoisotopic (exact) mass is 374 g/mol. The van der Waals surface area contributed by atoms with Crippen molar-refractivity contribution < 1.29 is 9.53 Å². The first-order chi connectivity index (χ1) is 13.2. The van der Waals surface area contributed by atoms with Crippen LogP contribution in [0.25, 0.3) is 11.8 Å². The maximum atomic E-state index is 12.4. The van der Waals surface area contributed by atoms with Gasteiger partial charge < -0.3 is 4.74 Å². The molecule has 3 rings (SSSR count). The lowest BCUT2D eigenvalue weighted by molar-refractivity contribution is -0.129. The van der Waals surface area contributed by atoms with Gasteiger partial charge in [0, 0.05) is 17.6 Å². The summed E-state index contributed by atoms with van der Waals surface area (Å²) in [6.07, 6.45) is 3.18. The molecule has 28 heavy (non-hydrogen) atoms. The van der Waals surface area contributed by atoms with Gasteiger partial charge >= 0.3 is 5.97 Å². The minimum atomic E-state index is -0.435. The molecule has 144 valence electrons. The van der Waals surface area contributed by atoms with Gasteiger partial charge in [0.05, 0.1) is 11.4 Å². The van der Waals surface area contributed by atoms with Gasteiger partial charge in [0.25, 0.3) is 0 Å². The fourth-order valence-electron chi connectivity index (χ4n) is 2.88. The summed E-state index contributed by atoms with van der Waals surface area (Å²) in [5.74, 6) is -0.0187. The number of esters is 1. The minimum Gasteiger partial charge on any atom is -0.404 e. The molecule has 0 atom stereocenters. The number of hydrogen-bond acceptors (Lipinski definition) is 3. The van der Waals surface area contributed by atoms with Gasteiger partial charge in [0.1, 0.15) is 0 Å². The molecule has 4 heteroatoms. The number of carbonyl (C=O) groups excluding carboxylic acids is 1. The zero-order valence-electron chi connectivity index (χ0n) is 17.1. The molecule has 0 radical (unpaired) electrons. The van der Waals surface area contributed by atoms with Gasteiger partial charge in [-0.1, -0.05) is 68.8 Å². The summed E-state index contributed by atoms with van der Waals surface area (Å²) >= 11 is 0. The lowest BCUT2D eigenvalue weighted by atomic mass is 9.93. The molecular weight excluding hydrogens is 348 g/mol. The van der Waals surface area contributed by atoms with E-state index in [-0.39, 0.29) is 5.41 Å². The normalized spacial score (nSPS) is 11.8. The summed E-state index contributed by atoms with van der Waals surface area (Å²) in [5.41, 5.74) is 4.79. The van der Waals surface area contributed by atoms with E-state index >= 15 is 0 Å². The van der Waals surface area contributed by atoms with Gasteiger partial charge in [0.2, 0.25) is 5.88 Å². The van der Waals surface area contributed by atoms with Gasteiger partial charge in [-0.05, 0) is 37.1 Å². The molecule has 2 aromatic carbocycles. The van der Waals surface area contributed by atoms with E-state index in [0.29, 0.717) is 5.88 Å². The summed E-state index contributed by atoms with van der Waals surface area (Å²) in [6.45, 7) is 10.3. The van der Waals surface area contributed by atoms with Crippen LogP contribution in [0.3, 0.4) is 0 Å². The third kappa shape index (κ3) is 4.58. The Kier molecular flexibility index (Phi) is 5.50. The molecule has 0 amide bonds. The van der Waals surface area contributed by atoms with Crippen LogP contribution in [0.4, 0.5) is 0 Å². The van der Waals surface area contributed by atoms with Gasteiger partial charge in [-0.3, -0.25) is 0 Å². The van der Waals surface area contributed by atoms with E-state index < -0.39 is 5.97 Å². The summed E-state index contributed by atoms with van der Waals surface area (Å²) in [5, 5.41) is 4.73. The van der Waals surface area contributed by atoms with Crippen LogP contribution in [0.5, 0.6) is 5.88 Å². The second-order valence-corrected chi connectivity index (χ2v) is 7.98. The van der Waals surface area contributed by atoms with Crippen molar-refractivity contribution in [2.45, 2.75) is 40.0 Å². The predicted molar refractivity (Wildman–Crippen MR) is 113 cm³/mol. The van der Waals surface area contributed by atoms with Crippen LogP contribution in [0.1, 0.15) is 43.2 Å². The molecule has 0 aliphatic carbocycles. The lowest BCUT2D eigenvalue weighted by Crippen LogP contribution is -2.13. The number of rotatable bonds is 4. The molecule has 4 nitrogen and oxygen atoms in total. The Morgan fingerprint density at radius 2 is 1.75 bits per heavy atom. The number of aromatic nitrogens is 2. The summed E-state index contributed by atoms with van der Waals surface area (Å²) in [6, 6.07) is 17.6. The Hall–Kier alpha value is -3.14. The second-order valence-electron chi connectivity index (χ2n) is 7.98. The highest BCUT2D eigenvalue weighted by Gasteiger charge is 2.22. The summed E-state index contributed by atoms with van der Waals surface area (Å²) in [7, 11) is 0. The molecule has 1 aromatic heterocycles. The molecule has 1 heterocycles. The van der Waals surface area contributed by atoms with Crippen LogP contribution < -0.4 is 4.74 Å². The fourth-order valence-corrected chi connectivity index (χ4v) is 2.88. The zero-order chi connectivity index (χ0) is 20.3. The number of hydrogen-bond donors (Lipinski definition) is 0. The Bertz CT molecular complexity index is 1010. The van der Waals surface area contributed by atoms with Crippen molar-refractivity contribution in [3.8, 4) is 11.6 Å². The number of ether oxygens (including phenoxy) is 1. The number of nitrogens with zero attached hydrogens (tertiary/aromatic N) is 2. The minimum absolute atomic E-state index is 0.162. The first-order valence-corrected chi connectivity index (χ1v) is 9.37. The topological polar surface area (TPSA) is 44.1 Å². The van der Waals surface area contributed by atoms with Crippen LogP contribution in [0, 0.1) is 13.8 Å². The molecule has 0 aliphatic rings.